The summed E-state index contributed by atoms with van der Waals surface area (Å²) in [7, 11) is 0. The molecule has 0 atom stereocenters. The Labute approximate surface area is 155 Å². The fourth-order valence-corrected chi connectivity index (χ4v) is 4.79. The van der Waals surface area contributed by atoms with E-state index in [2.05, 4.69) is 42.0 Å². The molecule has 3 aromatic rings. The molecule has 2 heterocycles. The number of fused-ring (bicyclic) bond motifs is 3. The molecule has 0 amide bonds. The fourth-order valence-electron chi connectivity index (χ4n) is 3.36. The fraction of sp³-hybridized carbons (Fsp3) is 0.200. The molecule has 0 spiro atoms. The highest BCUT2D eigenvalue weighted by Gasteiger charge is 2.32. The van der Waals surface area contributed by atoms with Gasteiger partial charge in [0.1, 0.15) is 17.0 Å². The maximum absolute atomic E-state index is 6.26. The van der Waals surface area contributed by atoms with E-state index in [1.54, 1.807) is 11.3 Å². The van der Waals surface area contributed by atoms with Gasteiger partial charge < -0.3 is 5.73 Å². The molecule has 4 rings (SSSR count). The number of halogens is 1. The van der Waals surface area contributed by atoms with Crippen molar-refractivity contribution in [3.8, 4) is 0 Å². The maximum Gasteiger partial charge on any atom is 0.136 e. The molecule has 25 heavy (non-hydrogen) atoms. The van der Waals surface area contributed by atoms with Gasteiger partial charge in [-0.1, -0.05) is 55.8 Å². The summed E-state index contributed by atoms with van der Waals surface area (Å²) < 4.78 is 0. The highest BCUT2D eigenvalue weighted by molar-refractivity contribution is 7.19. The minimum absolute atomic E-state index is 0.0298. The average molecular weight is 368 g/mol. The first-order valence-corrected chi connectivity index (χ1v) is 9.32. The first kappa shape index (κ1) is 16.3. The van der Waals surface area contributed by atoms with Crippen molar-refractivity contribution < 1.29 is 0 Å². The number of aromatic nitrogens is 2. The Kier molecular flexibility index (Phi) is 3.89. The Bertz CT molecular complexity index is 1030. The van der Waals surface area contributed by atoms with Gasteiger partial charge in [-0.3, -0.25) is 0 Å². The Balaban J connectivity index is 1.83. The quantitative estimate of drug-likeness (QED) is 0.631. The molecule has 3 nitrogen and oxygen atoms in total. The van der Waals surface area contributed by atoms with Gasteiger partial charge in [0.05, 0.1) is 5.39 Å². The predicted octanol–water partition coefficient (Wildman–Crippen LogP) is 5.71. The summed E-state index contributed by atoms with van der Waals surface area (Å²) >= 11 is 7.98. The van der Waals surface area contributed by atoms with Crippen LogP contribution in [-0.2, 0) is 5.41 Å². The molecular formula is C20H18ClN3S. The normalized spacial score (nSPS) is 16.2. The second kappa shape index (κ2) is 5.97. The highest BCUT2D eigenvalue weighted by atomic mass is 35.5. The van der Waals surface area contributed by atoms with E-state index in [1.165, 1.54) is 16.8 Å². The summed E-state index contributed by atoms with van der Waals surface area (Å²) in [5.41, 5.74) is 9.60. The third-order valence-electron chi connectivity index (χ3n) is 4.53. The summed E-state index contributed by atoms with van der Waals surface area (Å²) in [4.78, 5) is 10.9. The van der Waals surface area contributed by atoms with Gasteiger partial charge in [0, 0.05) is 20.9 Å². The molecule has 0 radical (unpaired) electrons. The topological polar surface area (TPSA) is 51.8 Å². The minimum atomic E-state index is 0.0298. The van der Waals surface area contributed by atoms with Crippen LogP contribution < -0.4 is 5.73 Å². The number of anilines is 1. The Hall–Kier alpha value is -2.17. The van der Waals surface area contributed by atoms with Crippen LogP contribution >= 0.6 is 22.9 Å². The zero-order valence-corrected chi connectivity index (χ0v) is 15.7. The van der Waals surface area contributed by atoms with Gasteiger partial charge in [0.25, 0.3) is 0 Å². The monoisotopic (exact) mass is 367 g/mol. The van der Waals surface area contributed by atoms with E-state index in [4.69, 9.17) is 17.3 Å². The van der Waals surface area contributed by atoms with Gasteiger partial charge in [-0.25, -0.2) is 9.97 Å². The minimum Gasteiger partial charge on any atom is -0.383 e. The van der Waals surface area contributed by atoms with Crippen LogP contribution in [0.15, 0.2) is 42.2 Å². The van der Waals surface area contributed by atoms with Crippen LogP contribution in [0.5, 0.6) is 0 Å². The molecule has 0 bridgehead atoms. The van der Waals surface area contributed by atoms with Crippen LogP contribution in [0.25, 0.3) is 22.4 Å². The smallest absolute Gasteiger partial charge is 0.136 e. The van der Waals surface area contributed by atoms with Crippen LogP contribution in [-0.4, -0.2) is 9.97 Å². The van der Waals surface area contributed by atoms with Gasteiger partial charge in [-0.15, -0.1) is 11.3 Å². The summed E-state index contributed by atoms with van der Waals surface area (Å²) in [6.07, 6.45) is 8.93. The third-order valence-corrected chi connectivity index (χ3v) is 6.35. The molecular weight excluding hydrogens is 350 g/mol. The van der Waals surface area contributed by atoms with E-state index in [0.29, 0.717) is 5.82 Å². The van der Waals surface area contributed by atoms with Crippen molar-refractivity contribution in [2.75, 3.05) is 5.73 Å². The average Bonchev–Trinajstić information content (AvgIpc) is 2.95. The van der Waals surface area contributed by atoms with Gasteiger partial charge in [-0.2, -0.15) is 0 Å². The van der Waals surface area contributed by atoms with Crippen LogP contribution in [0.2, 0.25) is 5.02 Å². The van der Waals surface area contributed by atoms with Gasteiger partial charge in [0.2, 0.25) is 0 Å². The third kappa shape index (κ3) is 2.86. The first-order chi connectivity index (χ1) is 12.0. The number of nitrogen functional groups attached to an aromatic ring is 1. The van der Waals surface area contributed by atoms with E-state index >= 15 is 0 Å². The molecule has 5 heteroatoms. The van der Waals surface area contributed by atoms with Crippen molar-refractivity contribution in [3.05, 3.63) is 63.3 Å². The van der Waals surface area contributed by atoms with Crippen LogP contribution in [0.3, 0.4) is 0 Å². The highest BCUT2D eigenvalue weighted by Crippen LogP contribution is 2.47. The zero-order valence-electron chi connectivity index (χ0n) is 14.1. The van der Waals surface area contributed by atoms with Gasteiger partial charge in [-0.05, 0) is 29.7 Å². The lowest BCUT2D eigenvalue weighted by Crippen LogP contribution is -2.20. The summed E-state index contributed by atoms with van der Waals surface area (Å²) in [5, 5.41) is 1.73. The lowest BCUT2D eigenvalue weighted by atomic mass is 9.77. The lowest BCUT2D eigenvalue weighted by molar-refractivity contribution is 0.531. The van der Waals surface area contributed by atoms with Gasteiger partial charge >= 0.3 is 0 Å². The Morgan fingerprint density at radius 1 is 1.20 bits per heavy atom. The SMILES string of the molecule is CC1(C)CC(/C=C/c2ccccc2Cl)=Cc2c1sc1ncnc(N)c21. The Morgan fingerprint density at radius 3 is 2.80 bits per heavy atom. The molecule has 2 N–H and O–H groups in total. The number of rotatable bonds is 2. The number of thiophene rings is 1. The largest absolute Gasteiger partial charge is 0.383 e. The van der Waals surface area contributed by atoms with Gasteiger partial charge in [0.15, 0.2) is 0 Å². The molecule has 0 aliphatic heterocycles. The van der Waals surface area contributed by atoms with E-state index in [0.717, 1.165) is 32.8 Å². The molecule has 0 saturated carbocycles. The molecule has 0 fully saturated rings. The molecule has 0 unspecified atom stereocenters. The molecule has 1 aliphatic rings. The number of nitrogens with two attached hydrogens (primary N) is 1. The van der Waals surface area contributed by atoms with Crippen molar-refractivity contribution >= 4 is 51.1 Å². The molecule has 2 aromatic heterocycles. The van der Waals surface area contributed by atoms with E-state index in [9.17, 15) is 0 Å². The van der Waals surface area contributed by atoms with E-state index in [-0.39, 0.29) is 5.41 Å². The van der Waals surface area contributed by atoms with Crippen molar-refractivity contribution in [2.45, 2.75) is 25.7 Å². The van der Waals surface area contributed by atoms with Crippen LogP contribution in [0.1, 0.15) is 36.3 Å². The van der Waals surface area contributed by atoms with Crippen molar-refractivity contribution in [1.29, 1.82) is 0 Å². The van der Waals surface area contributed by atoms with Crippen LogP contribution in [0.4, 0.5) is 5.82 Å². The van der Waals surface area contributed by atoms with Crippen molar-refractivity contribution in [3.63, 3.8) is 0 Å². The number of hydrogen-bond acceptors (Lipinski definition) is 4. The molecule has 1 aromatic carbocycles. The second-order valence-corrected chi connectivity index (χ2v) is 8.32. The number of hydrogen-bond donors (Lipinski definition) is 1. The standard InChI is InChI=1S/C20H18ClN3S/c1-20(2)10-12(7-8-13-5-3-4-6-15(13)21)9-14-16-18(22)23-11-24-19(16)25-17(14)20/h3-9,11H,10H2,1-2H3,(H2,22,23,24)/b8-7+. The van der Waals surface area contributed by atoms with E-state index < -0.39 is 0 Å². The Morgan fingerprint density at radius 2 is 2.00 bits per heavy atom. The number of nitrogens with zero attached hydrogens (tertiary/aromatic N) is 2. The lowest BCUT2D eigenvalue weighted by Gasteiger charge is -2.29. The summed E-state index contributed by atoms with van der Waals surface area (Å²) in [6.45, 7) is 4.53. The second-order valence-electron chi connectivity index (χ2n) is 6.92. The van der Waals surface area contributed by atoms with Crippen LogP contribution in [0, 0.1) is 0 Å². The number of benzene rings is 1. The van der Waals surface area contributed by atoms with E-state index in [1.807, 2.05) is 24.3 Å². The first-order valence-electron chi connectivity index (χ1n) is 8.12. The molecule has 0 saturated heterocycles. The zero-order chi connectivity index (χ0) is 17.6. The summed E-state index contributed by atoms with van der Waals surface area (Å²) in [5.74, 6) is 0.547. The van der Waals surface area contributed by atoms with Crippen molar-refractivity contribution in [2.24, 2.45) is 0 Å². The summed E-state index contributed by atoms with van der Waals surface area (Å²) in [6, 6.07) is 7.86. The maximum atomic E-state index is 6.26. The number of allylic oxidation sites excluding steroid dienone is 2. The predicted molar refractivity (Wildman–Crippen MR) is 108 cm³/mol. The molecule has 1 aliphatic carbocycles. The van der Waals surface area contributed by atoms with Crippen molar-refractivity contribution in [1.82, 2.24) is 9.97 Å². The molecule has 126 valence electrons.